The van der Waals surface area contributed by atoms with E-state index in [9.17, 15) is 0 Å². The van der Waals surface area contributed by atoms with Gasteiger partial charge in [0.2, 0.25) is 0 Å². The van der Waals surface area contributed by atoms with Crippen LogP contribution in [0.4, 0.5) is 0 Å². The molecule has 1 fully saturated rings. The minimum absolute atomic E-state index is 0.451. The summed E-state index contributed by atoms with van der Waals surface area (Å²) < 4.78 is 8.01. The lowest BCUT2D eigenvalue weighted by molar-refractivity contribution is 0.320. The van der Waals surface area contributed by atoms with E-state index >= 15 is 0 Å². The Bertz CT molecular complexity index is 602. The normalized spacial score (nSPS) is 16.5. The molecular formula is C17H23ClN2O. The highest BCUT2D eigenvalue weighted by atomic mass is 35.5. The zero-order valence-corrected chi connectivity index (χ0v) is 13.4. The van der Waals surface area contributed by atoms with Gasteiger partial charge in [-0.15, -0.1) is 11.6 Å². The van der Waals surface area contributed by atoms with Gasteiger partial charge in [0.1, 0.15) is 17.1 Å². The molecule has 1 heterocycles. The smallest absolute Gasteiger partial charge is 0.147 e. The molecule has 0 saturated heterocycles. The van der Waals surface area contributed by atoms with Gasteiger partial charge in [0, 0.05) is 6.54 Å². The third-order valence-electron chi connectivity index (χ3n) is 4.41. The molecule has 0 unspecified atom stereocenters. The zero-order valence-electron chi connectivity index (χ0n) is 12.6. The lowest BCUT2D eigenvalue weighted by atomic mass is 9.89. The monoisotopic (exact) mass is 306 g/mol. The summed E-state index contributed by atoms with van der Waals surface area (Å²) in [4.78, 5) is 4.72. The third-order valence-corrected chi connectivity index (χ3v) is 4.64. The lowest BCUT2D eigenvalue weighted by Crippen LogP contribution is -2.15. The third kappa shape index (κ3) is 3.03. The molecule has 0 radical (unpaired) electrons. The summed E-state index contributed by atoms with van der Waals surface area (Å²) in [7, 11) is 0. The van der Waals surface area contributed by atoms with Crippen molar-refractivity contribution in [3.05, 3.63) is 24.0 Å². The van der Waals surface area contributed by atoms with E-state index in [0.717, 1.165) is 35.1 Å². The number of halogens is 1. The molecule has 21 heavy (non-hydrogen) atoms. The predicted molar refractivity (Wildman–Crippen MR) is 87.0 cm³/mol. The van der Waals surface area contributed by atoms with Crippen molar-refractivity contribution in [2.24, 2.45) is 5.92 Å². The maximum atomic E-state index is 6.13. The summed E-state index contributed by atoms with van der Waals surface area (Å²) in [6.45, 7) is 3.69. The number of benzene rings is 1. The molecular weight excluding hydrogens is 284 g/mol. The van der Waals surface area contributed by atoms with Gasteiger partial charge in [0.05, 0.1) is 18.0 Å². The lowest BCUT2D eigenvalue weighted by Gasteiger charge is -2.23. The molecule has 1 aliphatic rings. The van der Waals surface area contributed by atoms with Crippen molar-refractivity contribution in [3.8, 4) is 5.75 Å². The summed E-state index contributed by atoms with van der Waals surface area (Å²) >= 11 is 6.13. The molecule has 1 aromatic heterocycles. The molecule has 0 amide bonds. The van der Waals surface area contributed by atoms with Gasteiger partial charge in [-0.05, 0) is 37.8 Å². The van der Waals surface area contributed by atoms with Crippen LogP contribution >= 0.6 is 11.6 Å². The molecule has 0 atom stereocenters. The second-order valence-corrected chi connectivity index (χ2v) is 6.10. The highest BCUT2D eigenvalue weighted by Crippen LogP contribution is 2.30. The molecule has 1 aromatic carbocycles. The summed E-state index contributed by atoms with van der Waals surface area (Å²) in [6, 6.07) is 6.16. The van der Waals surface area contributed by atoms with Crippen molar-refractivity contribution in [3.63, 3.8) is 0 Å². The molecule has 0 bridgehead atoms. The van der Waals surface area contributed by atoms with Crippen molar-refractivity contribution >= 4 is 22.6 Å². The number of rotatable bonds is 5. The van der Waals surface area contributed by atoms with E-state index in [-0.39, 0.29) is 0 Å². The first-order chi connectivity index (χ1) is 10.3. The fraction of sp³-hybridized carbons (Fsp3) is 0.588. The number of hydrogen-bond acceptors (Lipinski definition) is 2. The largest absolute Gasteiger partial charge is 0.492 e. The number of nitrogens with zero attached hydrogens (tertiary/aromatic N) is 2. The molecule has 0 N–H and O–H groups in total. The molecule has 2 aromatic rings. The van der Waals surface area contributed by atoms with E-state index < -0.39 is 0 Å². The minimum Gasteiger partial charge on any atom is -0.492 e. The number of imidazole rings is 1. The van der Waals surface area contributed by atoms with Gasteiger partial charge in [-0.25, -0.2) is 4.98 Å². The Morgan fingerprint density at radius 1 is 1.29 bits per heavy atom. The number of ether oxygens (including phenoxy) is 1. The van der Waals surface area contributed by atoms with Crippen molar-refractivity contribution < 1.29 is 4.74 Å². The zero-order chi connectivity index (χ0) is 14.7. The van der Waals surface area contributed by atoms with Crippen LogP contribution in [0.2, 0.25) is 0 Å². The highest BCUT2D eigenvalue weighted by molar-refractivity contribution is 6.16. The van der Waals surface area contributed by atoms with Crippen molar-refractivity contribution in [1.29, 1.82) is 0 Å². The Morgan fingerprint density at radius 2 is 2.10 bits per heavy atom. The molecule has 1 aliphatic carbocycles. The van der Waals surface area contributed by atoms with E-state index in [2.05, 4.69) is 10.6 Å². The van der Waals surface area contributed by atoms with Crippen LogP contribution in [0.5, 0.6) is 5.75 Å². The van der Waals surface area contributed by atoms with Gasteiger partial charge in [0.25, 0.3) is 0 Å². The summed E-state index contributed by atoms with van der Waals surface area (Å²) in [5.74, 6) is 3.04. The van der Waals surface area contributed by atoms with Gasteiger partial charge in [-0.3, -0.25) is 0 Å². The first-order valence-electron chi connectivity index (χ1n) is 8.00. The van der Waals surface area contributed by atoms with Gasteiger partial charge < -0.3 is 9.30 Å². The molecule has 0 spiro atoms. The Morgan fingerprint density at radius 3 is 2.81 bits per heavy atom. The van der Waals surface area contributed by atoms with Crippen LogP contribution in [0.1, 0.15) is 44.9 Å². The van der Waals surface area contributed by atoms with Crippen LogP contribution in [-0.2, 0) is 12.4 Å². The fourth-order valence-electron chi connectivity index (χ4n) is 3.38. The van der Waals surface area contributed by atoms with Gasteiger partial charge in [0.15, 0.2) is 0 Å². The Balaban J connectivity index is 1.97. The summed E-state index contributed by atoms with van der Waals surface area (Å²) in [5, 5.41) is 0. The Kier molecular flexibility index (Phi) is 4.69. The summed E-state index contributed by atoms with van der Waals surface area (Å²) in [5.41, 5.74) is 2.10. The van der Waals surface area contributed by atoms with E-state index in [1.165, 1.54) is 32.1 Å². The maximum Gasteiger partial charge on any atom is 0.147 e. The molecule has 1 saturated carbocycles. The predicted octanol–water partition coefficient (Wildman–Crippen LogP) is 4.75. The average Bonchev–Trinajstić information content (AvgIpc) is 2.88. The molecule has 3 nitrogen and oxygen atoms in total. The molecule has 4 heteroatoms. The number of fused-ring (bicyclic) bond motifs is 1. The van der Waals surface area contributed by atoms with Crippen LogP contribution < -0.4 is 4.74 Å². The molecule has 0 aliphatic heterocycles. The van der Waals surface area contributed by atoms with Crippen molar-refractivity contribution in [2.75, 3.05) is 6.61 Å². The first kappa shape index (κ1) is 14.7. The maximum absolute atomic E-state index is 6.13. The van der Waals surface area contributed by atoms with Crippen LogP contribution in [0.15, 0.2) is 18.2 Å². The van der Waals surface area contributed by atoms with Crippen LogP contribution in [0, 0.1) is 5.92 Å². The van der Waals surface area contributed by atoms with E-state index in [1.807, 2.05) is 19.1 Å². The number of aromatic nitrogens is 2. The second-order valence-electron chi connectivity index (χ2n) is 5.83. The quantitative estimate of drug-likeness (QED) is 0.745. The SMILES string of the molecule is CCOc1cccc2c1nc(CCl)n2CC1CCCCC1. The second kappa shape index (κ2) is 6.69. The summed E-state index contributed by atoms with van der Waals surface area (Å²) in [6.07, 6.45) is 6.76. The standard InChI is InChI=1S/C17H23ClN2O/c1-2-21-15-10-6-9-14-17(15)19-16(11-18)20(14)12-13-7-4-3-5-8-13/h6,9-10,13H,2-5,7-8,11-12H2,1H3. The van der Waals surface area contributed by atoms with Crippen molar-refractivity contribution in [1.82, 2.24) is 9.55 Å². The number of alkyl halides is 1. The fourth-order valence-corrected chi connectivity index (χ4v) is 3.58. The van der Waals surface area contributed by atoms with Gasteiger partial charge in [-0.1, -0.05) is 25.3 Å². The van der Waals surface area contributed by atoms with Crippen LogP contribution in [0.25, 0.3) is 11.0 Å². The highest BCUT2D eigenvalue weighted by Gasteiger charge is 2.19. The Labute approximate surface area is 131 Å². The Hall–Kier alpha value is -1.22. The number of para-hydroxylation sites is 1. The molecule has 3 rings (SSSR count). The first-order valence-corrected chi connectivity index (χ1v) is 8.53. The minimum atomic E-state index is 0.451. The van der Waals surface area contributed by atoms with Gasteiger partial charge >= 0.3 is 0 Å². The number of hydrogen-bond donors (Lipinski definition) is 0. The van der Waals surface area contributed by atoms with E-state index in [1.54, 1.807) is 0 Å². The van der Waals surface area contributed by atoms with Gasteiger partial charge in [-0.2, -0.15) is 0 Å². The average molecular weight is 307 g/mol. The molecule has 114 valence electrons. The van der Waals surface area contributed by atoms with Crippen LogP contribution in [-0.4, -0.2) is 16.2 Å². The van der Waals surface area contributed by atoms with Crippen LogP contribution in [0.3, 0.4) is 0 Å². The topological polar surface area (TPSA) is 27.1 Å². The van der Waals surface area contributed by atoms with Crippen molar-refractivity contribution in [2.45, 2.75) is 51.5 Å². The van der Waals surface area contributed by atoms with E-state index in [4.69, 9.17) is 21.3 Å². The van der Waals surface area contributed by atoms with E-state index in [0.29, 0.717) is 12.5 Å².